The second-order valence-corrected chi connectivity index (χ2v) is 6.15. The van der Waals surface area contributed by atoms with Crippen molar-refractivity contribution >= 4 is 6.03 Å². The Morgan fingerprint density at radius 3 is 2.58 bits per heavy atom. The number of benzene rings is 1. The first-order valence-corrected chi connectivity index (χ1v) is 7.87. The van der Waals surface area contributed by atoms with Gasteiger partial charge in [-0.3, -0.25) is 0 Å². The highest BCUT2D eigenvalue weighted by molar-refractivity contribution is 5.73. The third-order valence-corrected chi connectivity index (χ3v) is 3.78. The summed E-state index contributed by atoms with van der Waals surface area (Å²) in [6, 6.07) is 8.25. The number of nitrogens with zero attached hydrogens (tertiary/aromatic N) is 4. The lowest BCUT2D eigenvalue weighted by Gasteiger charge is -2.26. The topological polar surface area (TPSA) is 74.5 Å². The maximum absolute atomic E-state index is 12.3. The molecule has 0 bridgehead atoms. The zero-order valence-corrected chi connectivity index (χ0v) is 14.9. The Morgan fingerprint density at radius 1 is 1.25 bits per heavy atom. The quantitative estimate of drug-likeness (QED) is 0.878. The van der Waals surface area contributed by atoms with Gasteiger partial charge in [0.15, 0.2) is 0 Å². The Kier molecular flexibility index (Phi) is 5.92. The van der Waals surface area contributed by atoms with Crippen LogP contribution in [-0.4, -0.2) is 53.7 Å². The molecule has 7 heteroatoms. The van der Waals surface area contributed by atoms with Crippen LogP contribution in [0.25, 0.3) is 0 Å². The van der Waals surface area contributed by atoms with Crippen LogP contribution in [0.5, 0.6) is 0 Å². The molecule has 1 heterocycles. The number of urea groups is 1. The van der Waals surface area contributed by atoms with E-state index in [0.29, 0.717) is 18.3 Å². The minimum Gasteiger partial charge on any atom is -0.424 e. The lowest BCUT2D eigenvalue weighted by Crippen LogP contribution is -2.41. The minimum absolute atomic E-state index is 0.105. The summed E-state index contributed by atoms with van der Waals surface area (Å²) in [7, 11) is 5.71. The highest BCUT2D eigenvalue weighted by atomic mass is 16.4. The monoisotopic (exact) mass is 331 g/mol. The van der Waals surface area contributed by atoms with Crippen molar-refractivity contribution in [1.82, 2.24) is 25.3 Å². The van der Waals surface area contributed by atoms with Crippen molar-refractivity contribution in [3.63, 3.8) is 0 Å². The number of likely N-dealkylation sites (N-methyl/N-ethyl adjacent to an activating group) is 1. The van der Waals surface area contributed by atoms with E-state index in [1.807, 2.05) is 20.2 Å². The fourth-order valence-electron chi connectivity index (χ4n) is 2.47. The van der Waals surface area contributed by atoms with Gasteiger partial charge in [0, 0.05) is 20.5 Å². The molecule has 130 valence electrons. The molecule has 0 aliphatic heterocycles. The van der Waals surface area contributed by atoms with Crippen LogP contribution in [0.4, 0.5) is 4.79 Å². The van der Waals surface area contributed by atoms with Crippen molar-refractivity contribution in [2.45, 2.75) is 26.4 Å². The summed E-state index contributed by atoms with van der Waals surface area (Å²) in [5, 5.41) is 10.6. The summed E-state index contributed by atoms with van der Waals surface area (Å²) in [6.07, 6.45) is 0. The molecule has 0 aliphatic carbocycles. The number of hydrogen-bond donors (Lipinski definition) is 1. The predicted molar refractivity (Wildman–Crippen MR) is 91.5 cm³/mol. The number of amides is 2. The number of rotatable bonds is 6. The van der Waals surface area contributed by atoms with E-state index in [1.54, 1.807) is 14.0 Å². The standard InChI is InChI=1S/C17H25N5O2/c1-12-7-6-8-14(9-12)15(21(3)4)10-18-17(23)22(5)11-16-20-19-13(2)24-16/h6-9,15H,10-11H2,1-5H3,(H,18,23). The fraction of sp³-hybridized carbons (Fsp3) is 0.471. The Bertz CT molecular complexity index is 683. The van der Waals surface area contributed by atoms with Crippen molar-refractivity contribution in [3.05, 3.63) is 47.2 Å². The van der Waals surface area contributed by atoms with Gasteiger partial charge in [-0.25, -0.2) is 4.79 Å². The summed E-state index contributed by atoms with van der Waals surface area (Å²) in [4.78, 5) is 15.9. The van der Waals surface area contributed by atoms with Crippen LogP contribution < -0.4 is 5.32 Å². The van der Waals surface area contributed by atoms with Crippen LogP contribution in [-0.2, 0) is 6.54 Å². The molecule has 7 nitrogen and oxygen atoms in total. The SMILES string of the molecule is Cc1cccc(C(CNC(=O)N(C)Cc2nnc(C)o2)N(C)C)c1. The summed E-state index contributed by atoms with van der Waals surface area (Å²) in [6.45, 7) is 4.58. The van der Waals surface area contributed by atoms with Gasteiger partial charge in [-0.05, 0) is 26.6 Å². The van der Waals surface area contributed by atoms with Gasteiger partial charge in [0.05, 0.1) is 6.04 Å². The summed E-state index contributed by atoms with van der Waals surface area (Å²) in [5.74, 6) is 0.916. The summed E-state index contributed by atoms with van der Waals surface area (Å²) >= 11 is 0. The molecule has 0 fully saturated rings. The number of hydrogen-bond acceptors (Lipinski definition) is 5. The maximum atomic E-state index is 12.3. The molecule has 24 heavy (non-hydrogen) atoms. The van der Waals surface area contributed by atoms with Gasteiger partial charge in [0.2, 0.25) is 11.8 Å². The maximum Gasteiger partial charge on any atom is 0.317 e. The summed E-state index contributed by atoms with van der Waals surface area (Å²) in [5.41, 5.74) is 2.38. The predicted octanol–water partition coefficient (Wildman–Crippen LogP) is 2.13. The second-order valence-electron chi connectivity index (χ2n) is 6.15. The van der Waals surface area contributed by atoms with Crippen molar-refractivity contribution in [3.8, 4) is 0 Å². The summed E-state index contributed by atoms with van der Waals surface area (Å²) < 4.78 is 5.30. The van der Waals surface area contributed by atoms with E-state index in [1.165, 1.54) is 16.0 Å². The number of carbonyl (C=O) groups is 1. The van der Waals surface area contributed by atoms with Gasteiger partial charge >= 0.3 is 6.03 Å². The Balaban J connectivity index is 1.94. The molecular weight excluding hydrogens is 306 g/mol. The molecule has 0 saturated carbocycles. The van der Waals surface area contributed by atoms with Gasteiger partial charge in [-0.15, -0.1) is 10.2 Å². The van der Waals surface area contributed by atoms with Crippen molar-refractivity contribution in [1.29, 1.82) is 0 Å². The zero-order valence-electron chi connectivity index (χ0n) is 14.9. The average molecular weight is 331 g/mol. The minimum atomic E-state index is -0.176. The van der Waals surface area contributed by atoms with Gasteiger partial charge < -0.3 is 19.5 Å². The van der Waals surface area contributed by atoms with Crippen molar-refractivity contribution in [2.24, 2.45) is 0 Å². The number of carbonyl (C=O) groups excluding carboxylic acids is 1. The second kappa shape index (κ2) is 7.92. The largest absolute Gasteiger partial charge is 0.424 e. The van der Waals surface area contributed by atoms with Crippen LogP contribution in [0.2, 0.25) is 0 Å². The lowest BCUT2D eigenvalue weighted by molar-refractivity contribution is 0.196. The highest BCUT2D eigenvalue weighted by Gasteiger charge is 2.18. The fourth-order valence-corrected chi connectivity index (χ4v) is 2.47. The van der Waals surface area contributed by atoms with E-state index in [0.717, 1.165) is 0 Å². The normalized spacial score (nSPS) is 12.2. The van der Waals surface area contributed by atoms with Gasteiger partial charge in [0.1, 0.15) is 6.54 Å². The highest BCUT2D eigenvalue weighted by Crippen LogP contribution is 2.18. The first-order chi connectivity index (χ1) is 11.4. The number of aryl methyl sites for hydroxylation is 2. The Morgan fingerprint density at radius 2 is 2.00 bits per heavy atom. The Hall–Kier alpha value is -2.41. The first kappa shape index (κ1) is 17.9. The molecule has 0 spiro atoms. The van der Waals surface area contributed by atoms with E-state index in [-0.39, 0.29) is 18.6 Å². The zero-order chi connectivity index (χ0) is 17.7. The third kappa shape index (κ3) is 4.79. The third-order valence-electron chi connectivity index (χ3n) is 3.78. The molecular formula is C17H25N5O2. The lowest BCUT2D eigenvalue weighted by atomic mass is 10.0. The molecule has 0 aliphatic rings. The molecule has 0 radical (unpaired) electrons. The van der Waals surface area contributed by atoms with E-state index in [9.17, 15) is 4.79 Å². The molecule has 1 aromatic carbocycles. The van der Waals surface area contributed by atoms with Gasteiger partial charge in [-0.1, -0.05) is 29.8 Å². The van der Waals surface area contributed by atoms with Crippen LogP contribution >= 0.6 is 0 Å². The Labute approximate surface area is 142 Å². The molecule has 1 aromatic heterocycles. The number of nitrogens with one attached hydrogen (secondary N) is 1. The van der Waals surface area contributed by atoms with Crippen LogP contribution in [0.3, 0.4) is 0 Å². The molecule has 0 saturated heterocycles. The van der Waals surface area contributed by atoms with E-state index >= 15 is 0 Å². The van der Waals surface area contributed by atoms with Crippen LogP contribution in [0.1, 0.15) is 29.0 Å². The van der Waals surface area contributed by atoms with Crippen LogP contribution in [0, 0.1) is 13.8 Å². The van der Waals surface area contributed by atoms with E-state index < -0.39 is 0 Å². The van der Waals surface area contributed by atoms with Gasteiger partial charge in [0.25, 0.3) is 0 Å². The van der Waals surface area contributed by atoms with Crippen molar-refractivity contribution < 1.29 is 9.21 Å². The first-order valence-electron chi connectivity index (χ1n) is 7.87. The van der Waals surface area contributed by atoms with E-state index in [2.05, 4.69) is 45.5 Å². The van der Waals surface area contributed by atoms with Gasteiger partial charge in [-0.2, -0.15) is 0 Å². The molecule has 1 unspecified atom stereocenters. The molecule has 2 rings (SSSR count). The smallest absolute Gasteiger partial charge is 0.317 e. The molecule has 1 atom stereocenters. The number of aromatic nitrogens is 2. The average Bonchev–Trinajstić information content (AvgIpc) is 2.92. The molecule has 1 N–H and O–H groups in total. The molecule has 2 aromatic rings. The van der Waals surface area contributed by atoms with E-state index in [4.69, 9.17) is 4.42 Å². The van der Waals surface area contributed by atoms with Crippen molar-refractivity contribution in [2.75, 3.05) is 27.7 Å². The van der Waals surface area contributed by atoms with Crippen LogP contribution in [0.15, 0.2) is 28.7 Å². The molecule has 2 amide bonds.